The highest BCUT2D eigenvalue weighted by molar-refractivity contribution is 5.46. The van der Waals surface area contributed by atoms with Crippen molar-refractivity contribution in [2.75, 3.05) is 11.5 Å². The van der Waals surface area contributed by atoms with Crippen LogP contribution in [-0.4, -0.2) is 0 Å². The van der Waals surface area contributed by atoms with Gasteiger partial charge in [0.1, 0.15) is 23.0 Å². The van der Waals surface area contributed by atoms with Gasteiger partial charge in [-0.15, -0.1) is 0 Å². The topological polar surface area (TPSA) is 140 Å². The number of nitrogens with two attached hydrogens (primary N) is 2. The van der Waals surface area contributed by atoms with Gasteiger partial charge in [-0.05, 0) is 83.9 Å². The van der Waals surface area contributed by atoms with E-state index in [0.717, 1.165) is 23.0 Å². The molecule has 172 valence electrons. The quantitative estimate of drug-likeness (QED) is 0.234. The minimum Gasteiger partial charge on any atom is -0.457 e. The molecular weight excluding hydrogens is 412 g/mol. The molecule has 0 atom stereocenters. The Balaban J connectivity index is 0.00000193. The summed E-state index contributed by atoms with van der Waals surface area (Å²) in [5.74, 6) is 3.10. The maximum absolute atomic E-state index is 5.91. The van der Waals surface area contributed by atoms with Crippen molar-refractivity contribution in [3.63, 3.8) is 0 Å². The molecule has 6 heteroatoms. The molecule has 0 aromatic heterocycles. The fourth-order valence-corrected chi connectivity index (χ4v) is 3.39. The third kappa shape index (κ3) is 6.04. The number of hydrogen-bond donors (Lipinski definition) is 4. The van der Waals surface area contributed by atoms with Gasteiger partial charge >= 0.3 is 0 Å². The molecule has 0 radical (unpaired) electrons. The van der Waals surface area contributed by atoms with Gasteiger partial charge in [0.15, 0.2) is 0 Å². The molecule has 6 nitrogen and oxygen atoms in total. The van der Waals surface area contributed by atoms with E-state index in [4.69, 9.17) is 20.9 Å². The van der Waals surface area contributed by atoms with E-state index in [9.17, 15) is 0 Å². The highest BCUT2D eigenvalue weighted by atomic mass is 16.5. The van der Waals surface area contributed by atoms with Crippen LogP contribution in [0.1, 0.15) is 25.0 Å². The maximum atomic E-state index is 5.91. The first-order valence-corrected chi connectivity index (χ1v) is 10.2. The van der Waals surface area contributed by atoms with Crippen molar-refractivity contribution >= 4 is 11.4 Å². The number of hydrogen-bond acceptors (Lipinski definition) is 6. The fraction of sp³-hybridized carbons (Fsp3) is 0.111. The third-order valence-electron chi connectivity index (χ3n) is 5.38. The monoisotopic (exact) mass is 444 g/mol. The zero-order valence-corrected chi connectivity index (χ0v) is 19.1. The summed E-state index contributed by atoms with van der Waals surface area (Å²) in [5.41, 5.74) is 15.1. The van der Waals surface area contributed by atoms with Gasteiger partial charge in [0.2, 0.25) is 0 Å². The first-order valence-electron chi connectivity index (χ1n) is 10.2. The number of benzene rings is 4. The van der Waals surface area contributed by atoms with Crippen LogP contribution in [-0.2, 0) is 5.41 Å². The van der Waals surface area contributed by atoms with Gasteiger partial charge < -0.3 is 33.2 Å². The van der Waals surface area contributed by atoms with Gasteiger partial charge in [-0.2, -0.15) is 0 Å². The van der Waals surface area contributed by atoms with Crippen molar-refractivity contribution in [3.8, 4) is 23.0 Å². The van der Waals surface area contributed by atoms with Crippen LogP contribution >= 0.6 is 0 Å². The van der Waals surface area contributed by atoms with E-state index >= 15 is 0 Å². The standard InChI is InChI=1S/C27H26N2O2.2H3N/c1-27(2,19-3-11-23(12-4-19)30-25-15-7-21(28)8-16-25)20-5-13-24(14-6-20)31-26-17-9-22(29)10-18-26;;/h3-18H,28-29H2,1-2H3;2*1H3. The summed E-state index contributed by atoms with van der Waals surface area (Å²) in [5, 5.41) is 0. The van der Waals surface area contributed by atoms with Crippen LogP contribution in [0.25, 0.3) is 0 Å². The van der Waals surface area contributed by atoms with Crippen LogP contribution in [0, 0.1) is 0 Å². The minimum atomic E-state index is -0.167. The molecule has 0 spiro atoms. The molecule has 4 aromatic rings. The summed E-state index contributed by atoms with van der Waals surface area (Å²) >= 11 is 0. The smallest absolute Gasteiger partial charge is 0.127 e. The first-order chi connectivity index (χ1) is 14.9. The minimum absolute atomic E-state index is 0. The predicted molar refractivity (Wildman–Crippen MR) is 137 cm³/mol. The van der Waals surface area contributed by atoms with E-state index in [1.54, 1.807) is 0 Å². The highest BCUT2D eigenvalue weighted by Gasteiger charge is 2.23. The molecule has 0 amide bonds. The summed E-state index contributed by atoms with van der Waals surface area (Å²) in [6.07, 6.45) is 0. The predicted octanol–water partition coefficient (Wildman–Crippen LogP) is 7.09. The summed E-state index contributed by atoms with van der Waals surface area (Å²) in [6.45, 7) is 4.41. The molecule has 0 saturated heterocycles. The van der Waals surface area contributed by atoms with Gasteiger partial charge in [-0.1, -0.05) is 38.1 Å². The van der Waals surface area contributed by atoms with Crippen LogP contribution in [0.5, 0.6) is 23.0 Å². The molecule has 10 N–H and O–H groups in total. The van der Waals surface area contributed by atoms with Crippen molar-refractivity contribution in [1.29, 1.82) is 0 Å². The largest absolute Gasteiger partial charge is 0.457 e. The zero-order valence-electron chi connectivity index (χ0n) is 19.1. The van der Waals surface area contributed by atoms with Crippen LogP contribution in [0.3, 0.4) is 0 Å². The lowest BCUT2D eigenvalue weighted by atomic mass is 9.78. The molecule has 0 aliphatic rings. The molecular formula is C27H32N4O2. The number of rotatable bonds is 6. The number of anilines is 2. The average molecular weight is 445 g/mol. The second-order valence-electron chi connectivity index (χ2n) is 8.02. The van der Waals surface area contributed by atoms with Crippen molar-refractivity contribution in [2.24, 2.45) is 0 Å². The zero-order chi connectivity index (χ0) is 21.8. The molecule has 0 fully saturated rings. The van der Waals surface area contributed by atoms with Crippen molar-refractivity contribution in [1.82, 2.24) is 12.3 Å². The lowest BCUT2D eigenvalue weighted by Crippen LogP contribution is -2.18. The summed E-state index contributed by atoms with van der Waals surface area (Å²) < 4.78 is 11.8. The Kier molecular flexibility index (Phi) is 8.07. The summed E-state index contributed by atoms with van der Waals surface area (Å²) in [6, 6.07) is 31.1. The first kappa shape index (κ1) is 25.3. The Morgan fingerprint density at radius 1 is 0.455 bits per heavy atom. The van der Waals surface area contributed by atoms with Gasteiger partial charge in [0, 0.05) is 16.8 Å². The van der Waals surface area contributed by atoms with Crippen molar-refractivity contribution in [3.05, 3.63) is 108 Å². The molecule has 0 saturated carbocycles. The molecule has 0 bridgehead atoms. The molecule has 4 rings (SSSR count). The van der Waals surface area contributed by atoms with Gasteiger partial charge in [0.05, 0.1) is 0 Å². The molecule has 33 heavy (non-hydrogen) atoms. The van der Waals surface area contributed by atoms with Crippen LogP contribution in [0.2, 0.25) is 0 Å². The second kappa shape index (κ2) is 10.5. The molecule has 0 unspecified atom stereocenters. The second-order valence-corrected chi connectivity index (χ2v) is 8.02. The Morgan fingerprint density at radius 2 is 0.697 bits per heavy atom. The van der Waals surface area contributed by atoms with E-state index in [1.165, 1.54) is 11.1 Å². The van der Waals surface area contributed by atoms with E-state index in [-0.39, 0.29) is 17.7 Å². The van der Waals surface area contributed by atoms with Gasteiger partial charge in [-0.25, -0.2) is 0 Å². The van der Waals surface area contributed by atoms with Gasteiger partial charge in [0.25, 0.3) is 0 Å². The maximum Gasteiger partial charge on any atom is 0.127 e. The average Bonchev–Trinajstić information content (AvgIpc) is 2.78. The van der Waals surface area contributed by atoms with Crippen molar-refractivity contribution < 1.29 is 9.47 Å². The summed E-state index contributed by atoms with van der Waals surface area (Å²) in [4.78, 5) is 0. The van der Waals surface area contributed by atoms with E-state index in [1.807, 2.05) is 72.8 Å². The van der Waals surface area contributed by atoms with Crippen LogP contribution in [0.4, 0.5) is 11.4 Å². The Labute approximate surface area is 195 Å². The third-order valence-corrected chi connectivity index (χ3v) is 5.38. The number of nitrogen functional groups attached to an aromatic ring is 2. The molecule has 0 heterocycles. The van der Waals surface area contributed by atoms with E-state index in [2.05, 4.69) is 38.1 Å². The van der Waals surface area contributed by atoms with E-state index in [0.29, 0.717) is 11.4 Å². The Hall–Kier alpha value is -4.00. The number of ether oxygens (including phenoxy) is 2. The summed E-state index contributed by atoms with van der Waals surface area (Å²) in [7, 11) is 0. The Morgan fingerprint density at radius 3 is 0.970 bits per heavy atom. The Bertz CT molecular complexity index is 1050. The fourth-order valence-electron chi connectivity index (χ4n) is 3.39. The van der Waals surface area contributed by atoms with Crippen molar-refractivity contribution in [2.45, 2.75) is 19.3 Å². The lowest BCUT2D eigenvalue weighted by Gasteiger charge is -2.26. The molecule has 0 aliphatic carbocycles. The van der Waals surface area contributed by atoms with E-state index < -0.39 is 0 Å². The lowest BCUT2D eigenvalue weighted by molar-refractivity contribution is 0.481. The highest BCUT2D eigenvalue weighted by Crippen LogP contribution is 2.34. The molecule has 4 aromatic carbocycles. The molecule has 0 aliphatic heterocycles. The van der Waals surface area contributed by atoms with Gasteiger partial charge in [-0.3, -0.25) is 0 Å². The van der Waals surface area contributed by atoms with Crippen LogP contribution < -0.4 is 33.2 Å². The van der Waals surface area contributed by atoms with Crippen LogP contribution in [0.15, 0.2) is 97.1 Å². The normalized spacial score (nSPS) is 10.5. The SMILES string of the molecule is CC(C)(c1ccc(Oc2ccc(N)cc2)cc1)c1ccc(Oc2ccc(N)cc2)cc1.N.N.